The second-order valence-electron chi connectivity index (χ2n) is 3.99. The van der Waals surface area contributed by atoms with E-state index in [4.69, 9.17) is 5.73 Å². The van der Waals surface area contributed by atoms with Crippen LogP contribution < -0.4 is 5.73 Å². The number of benzene rings is 1. The van der Waals surface area contributed by atoms with Gasteiger partial charge in [0.15, 0.2) is 0 Å². The molecule has 1 aromatic carbocycles. The Balaban J connectivity index is 2.50. The smallest absolute Gasteiger partial charge is 0.128 e. The Morgan fingerprint density at radius 1 is 1.56 bits per heavy atom. The number of nitrogens with two attached hydrogens (primary N) is 1. The molecule has 1 heterocycles. The van der Waals surface area contributed by atoms with Crippen LogP contribution in [0.1, 0.15) is 12.5 Å². The monoisotopic (exact) mass is 302 g/mol. The third-order valence-electron chi connectivity index (χ3n) is 2.53. The summed E-state index contributed by atoms with van der Waals surface area (Å²) in [5.41, 5.74) is 5.77. The summed E-state index contributed by atoms with van der Waals surface area (Å²) in [6.07, 6.45) is 0. The minimum Gasteiger partial charge on any atom is -0.387 e. The summed E-state index contributed by atoms with van der Waals surface area (Å²) in [4.78, 5) is 4.40. The average Bonchev–Trinajstić information content (AvgIpc) is 2.21. The number of amidine groups is 1. The highest BCUT2D eigenvalue weighted by molar-refractivity contribution is 9.10. The Labute approximate surface area is 107 Å². The zero-order valence-electron chi connectivity index (χ0n) is 8.84. The molecule has 1 aliphatic heterocycles. The molecule has 0 saturated carbocycles. The van der Waals surface area contributed by atoms with E-state index in [0.717, 1.165) is 16.0 Å². The molecule has 0 radical (unpaired) electrons. The summed E-state index contributed by atoms with van der Waals surface area (Å²) in [6.45, 7) is 1.91. The van der Waals surface area contributed by atoms with Crippen molar-refractivity contribution in [1.29, 1.82) is 0 Å². The predicted octanol–water partition coefficient (Wildman–Crippen LogP) is 2.91. The van der Waals surface area contributed by atoms with Crippen molar-refractivity contribution in [3.63, 3.8) is 0 Å². The second kappa shape index (κ2) is 4.37. The van der Waals surface area contributed by atoms with Crippen molar-refractivity contribution < 1.29 is 4.39 Å². The molecule has 2 rings (SSSR count). The van der Waals surface area contributed by atoms with Crippen molar-refractivity contribution >= 4 is 33.5 Å². The lowest BCUT2D eigenvalue weighted by Gasteiger charge is -2.30. The van der Waals surface area contributed by atoms with Crippen LogP contribution in [0.25, 0.3) is 0 Å². The van der Waals surface area contributed by atoms with E-state index >= 15 is 0 Å². The molecule has 1 aromatic rings. The summed E-state index contributed by atoms with van der Waals surface area (Å²) in [6, 6.07) is 4.92. The van der Waals surface area contributed by atoms with Gasteiger partial charge in [0.05, 0.1) is 11.3 Å². The molecule has 0 unspecified atom stereocenters. The molecular formula is C11H12BrFN2S. The normalized spacial score (nSPS) is 25.3. The van der Waals surface area contributed by atoms with Gasteiger partial charge in [-0.15, -0.1) is 0 Å². The highest BCUT2D eigenvalue weighted by atomic mass is 79.9. The van der Waals surface area contributed by atoms with Crippen LogP contribution in [0.2, 0.25) is 0 Å². The first-order chi connectivity index (χ1) is 7.51. The first-order valence-electron chi connectivity index (χ1n) is 4.89. The van der Waals surface area contributed by atoms with Gasteiger partial charge in [-0.05, 0) is 25.1 Å². The standard InChI is InChI=1S/C11H12BrFN2S/c1-11(6-16-5-10(14)15-11)8-4-7(12)2-3-9(8)13/h2-4H,5-6H2,1H3,(H2,14,15)/t11-/m0/s1. The van der Waals surface area contributed by atoms with Crippen LogP contribution in [0.4, 0.5) is 4.39 Å². The first-order valence-corrected chi connectivity index (χ1v) is 6.83. The van der Waals surface area contributed by atoms with Crippen LogP contribution >= 0.6 is 27.7 Å². The van der Waals surface area contributed by atoms with E-state index in [1.807, 2.05) is 6.92 Å². The van der Waals surface area contributed by atoms with Crippen molar-refractivity contribution in [2.24, 2.45) is 10.7 Å². The number of hydrogen-bond acceptors (Lipinski definition) is 3. The maximum atomic E-state index is 13.8. The molecular weight excluding hydrogens is 291 g/mol. The maximum absolute atomic E-state index is 13.8. The highest BCUT2D eigenvalue weighted by Crippen LogP contribution is 2.35. The van der Waals surface area contributed by atoms with Gasteiger partial charge in [0.25, 0.3) is 0 Å². The van der Waals surface area contributed by atoms with Crippen molar-refractivity contribution in [2.45, 2.75) is 12.5 Å². The third-order valence-corrected chi connectivity index (χ3v) is 4.29. The minimum absolute atomic E-state index is 0.232. The summed E-state index contributed by atoms with van der Waals surface area (Å²) in [5, 5.41) is 0. The van der Waals surface area contributed by atoms with Crippen LogP contribution in [0.5, 0.6) is 0 Å². The van der Waals surface area contributed by atoms with Gasteiger partial charge in [-0.2, -0.15) is 11.8 Å². The van der Waals surface area contributed by atoms with Crippen molar-refractivity contribution in [1.82, 2.24) is 0 Å². The van der Waals surface area contributed by atoms with Gasteiger partial charge in [0.1, 0.15) is 11.7 Å². The number of halogens is 2. The van der Waals surface area contributed by atoms with E-state index < -0.39 is 5.54 Å². The lowest BCUT2D eigenvalue weighted by Crippen LogP contribution is -2.33. The lowest BCUT2D eigenvalue weighted by atomic mass is 9.94. The lowest BCUT2D eigenvalue weighted by molar-refractivity contribution is 0.508. The molecule has 0 aromatic heterocycles. The molecule has 1 aliphatic rings. The van der Waals surface area contributed by atoms with Gasteiger partial charge in [-0.1, -0.05) is 15.9 Å². The second-order valence-corrected chi connectivity index (χ2v) is 5.90. The molecule has 0 saturated heterocycles. The van der Waals surface area contributed by atoms with Gasteiger partial charge in [-0.3, -0.25) is 4.99 Å². The highest BCUT2D eigenvalue weighted by Gasteiger charge is 2.32. The molecule has 0 amide bonds. The molecule has 0 aliphatic carbocycles. The predicted molar refractivity (Wildman–Crippen MR) is 70.4 cm³/mol. The Hall–Kier alpha value is -0.550. The summed E-state index contributed by atoms with van der Waals surface area (Å²) < 4.78 is 14.6. The van der Waals surface area contributed by atoms with E-state index in [1.165, 1.54) is 6.07 Å². The molecule has 0 spiro atoms. The number of rotatable bonds is 1. The van der Waals surface area contributed by atoms with E-state index in [1.54, 1.807) is 23.9 Å². The van der Waals surface area contributed by atoms with Crippen LogP contribution in [0.15, 0.2) is 27.7 Å². The third kappa shape index (κ3) is 2.25. The van der Waals surface area contributed by atoms with Gasteiger partial charge in [0.2, 0.25) is 0 Å². The molecule has 1 atom stereocenters. The molecule has 0 bridgehead atoms. The fourth-order valence-electron chi connectivity index (χ4n) is 1.78. The molecule has 16 heavy (non-hydrogen) atoms. The van der Waals surface area contributed by atoms with Gasteiger partial charge >= 0.3 is 0 Å². The van der Waals surface area contributed by atoms with Crippen molar-refractivity contribution in [2.75, 3.05) is 11.5 Å². The van der Waals surface area contributed by atoms with Crippen molar-refractivity contribution in [3.8, 4) is 0 Å². The van der Waals surface area contributed by atoms with Gasteiger partial charge in [0, 0.05) is 15.8 Å². The van der Waals surface area contributed by atoms with E-state index in [9.17, 15) is 4.39 Å². The fourth-order valence-corrected chi connectivity index (χ4v) is 3.14. The zero-order valence-corrected chi connectivity index (χ0v) is 11.2. The SMILES string of the molecule is C[C@@]1(c2cc(Br)ccc2F)CSCC(N)=N1. The Kier molecular flexibility index (Phi) is 3.26. The fraction of sp³-hybridized carbons (Fsp3) is 0.364. The van der Waals surface area contributed by atoms with Crippen molar-refractivity contribution in [3.05, 3.63) is 34.1 Å². The molecule has 2 N–H and O–H groups in total. The number of nitrogens with zero attached hydrogens (tertiary/aromatic N) is 1. The molecule has 86 valence electrons. The Morgan fingerprint density at radius 2 is 2.31 bits per heavy atom. The quantitative estimate of drug-likeness (QED) is 0.866. The number of thioether (sulfide) groups is 1. The van der Waals surface area contributed by atoms with Gasteiger partial charge in [-0.25, -0.2) is 4.39 Å². The molecule has 0 fully saturated rings. The summed E-state index contributed by atoms with van der Waals surface area (Å²) >= 11 is 5.03. The first kappa shape index (κ1) is 11.9. The maximum Gasteiger partial charge on any atom is 0.128 e. The van der Waals surface area contributed by atoms with Crippen LogP contribution in [0.3, 0.4) is 0 Å². The Morgan fingerprint density at radius 3 is 3.00 bits per heavy atom. The topological polar surface area (TPSA) is 38.4 Å². The molecule has 2 nitrogen and oxygen atoms in total. The van der Waals surface area contributed by atoms with Gasteiger partial charge < -0.3 is 5.73 Å². The number of aliphatic imine (C=N–C) groups is 1. The largest absolute Gasteiger partial charge is 0.387 e. The van der Waals surface area contributed by atoms with E-state index in [0.29, 0.717) is 11.4 Å². The van der Waals surface area contributed by atoms with Crippen LogP contribution in [-0.2, 0) is 5.54 Å². The summed E-state index contributed by atoms with van der Waals surface area (Å²) in [7, 11) is 0. The Bertz CT molecular complexity index is 450. The number of hydrogen-bond donors (Lipinski definition) is 1. The van der Waals surface area contributed by atoms with E-state index in [2.05, 4.69) is 20.9 Å². The summed E-state index contributed by atoms with van der Waals surface area (Å²) in [5.74, 6) is 1.83. The van der Waals surface area contributed by atoms with Crippen LogP contribution in [-0.4, -0.2) is 17.3 Å². The van der Waals surface area contributed by atoms with E-state index in [-0.39, 0.29) is 5.82 Å². The van der Waals surface area contributed by atoms with Crippen LogP contribution in [0, 0.1) is 5.82 Å². The minimum atomic E-state index is -0.555. The molecule has 5 heteroatoms. The average molecular weight is 303 g/mol. The zero-order chi connectivity index (χ0) is 11.8.